The van der Waals surface area contributed by atoms with Crippen molar-refractivity contribution in [2.75, 3.05) is 6.26 Å². The Morgan fingerprint density at radius 3 is 3.00 bits per heavy atom. The van der Waals surface area contributed by atoms with Crippen LogP contribution in [0.15, 0.2) is 17.6 Å². The number of hydrogen-bond donors (Lipinski definition) is 0. The molecule has 2 heterocycles. The molecule has 0 saturated carbocycles. The Morgan fingerprint density at radius 1 is 1.54 bits per heavy atom. The zero-order chi connectivity index (χ0) is 9.42. The second kappa shape index (κ2) is 3.20. The molecular formula is C8H8ClN3S. The summed E-state index contributed by atoms with van der Waals surface area (Å²) >= 11 is 7.54. The fourth-order valence-electron chi connectivity index (χ4n) is 1.28. The van der Waals surface area contributed by atoms with Crippen molar-refractivity contribution >= 4 is 28.9 Å². The Balaban J connectivity index is 2.87. The minimum atomic E-state index is 0.507. The Morgan fingerprint density at radius 2 is 2.31 bits per heavy atom. The van der Waals surface area contributed by atoms with Crippen molar-refractivity contribution in [2.24, 2.45) is 0 Å². The average molecular weight is 214 g/mol. The third-order valence-electron chi connectivity index (χ3n) is 1.83. The average Bonchev–Trinajstić information content (AvgIpc) is 2.44. The molecule has 3 nitrogen and oxygen atoms in total. The molecule has 68 valence electrons. The molecule has 0 N–H and O–H groups in total. The summed E-state index contributed by atoms with van der Waals surface area (Å²) in [5.41, 5.74) is 1.82. The Kier molecular flexibility index (Phi) is 2.17. The normalized spacial score (nSPS) is 11.0. The summed E-state index contributed by atoms with van der Waals surface area (Å²) in [5.74, 6) is 0. The van der Waals surface area contributed by atoms with E-state index in [2.05, 4.69) is 9.97 Å². The summed E-state index contributed by atoms with van der Waals surface area (Å²) in [7, 11) is 0. The van der Waals surface area contributed by atoms with Gasteiger partial charge in [0.25, 0.3) is 0 Å². The molecule has 0 radical (unpaired) electrons. The van der Waals surface area contributed by atoms with Crippen molar-refractivity contribution in [3.8, 4) is 0 Å². The molecule has 0 bridgehead atoms. The fraction of sp³-hybridized carbons (Fsp3) is 0.250. The van der Waals surface area contributed by atoms with Crippen LogP contribution in [-0.2, 0) is 0 Å². The van der Waals surface area contributed by atoms with Crippen molar-refractivity contribution in [3.05, 3.63) is 23.2 Å². The van der Waals surface area contributed by atoms with Crippen molar-refractivity contribution in [1.29, 1.82) is 0 Å². The van der Waals surface area contributed by atoms with E-state index in [0.29, 0.717) is 5.15 Å². The van der Waals surface area contributed by atoms with Gasteiger partial charge in [-0.1, -0.05) is 23.4 Å². The molecular weight excluding hydrogens is 206 g/mol. The van der Waals surface area contributed by atoms with Crippen molar-refractivity contribution in [3.63, 3.8) is 0 Å². The lowest BCUT2D eigenvalue weighted by atomic mass is 10.4. The van der Waals surface area contributed by atoms with Crippen LogP contribution in [0.4, 0.5) is 0 Å². The van der Waals surface area contributed by atoms with Gasteiger partial charge in [0.1, 0.15) is 5.52 Å². The summed E-state index contributed by atoms with van der Waals surface area (Å²) in [6, 6.07) is 0. The van der Waals surface area contributed by atoms with Crippen LogP contribution in [0.5, 0.6) is 0 Å². The molecule has 5 heteroatoms. The van der Waals surface area contributed by atoms with Crippen molar-refractivity contribution in [2.45, 2.75) is 12.1 Å². The first-order chi connectivity index (χ1) is 6.24. The zero-order valence-corrected chi connectivity index (χ0v) is 8.85. The molecule has 2 aromatic heterocycles. The van der Waals surface area contributed by atoms with Crippen molar-refractivity contribution in [1.82, 2.24) is 14.4 Å². The Hall–Kier alpha value is -0.740. The molecule has 0 aromatic carbocycles. The third kappa shape index (κ3) is 1.30. The van der Waals surface area contributed by atoms with Gasteiger partial charge in [-0.15, -0.1) is 0 Å². The van der Waals surface area contributed by atoms with E-state index >= 15 is 0 Å². The first kappa shape index (κ1) is 8.84. The molecule has 2 aromatic rings. The molecule has 0 unspecified atom stereocenters. The predicted octanol–water partition coefficient (Wildman–Crippen LogP) is 2.41. The largest absolute Gasteiger partial charge is 0.290 e. The van der Waals surface area contributed by atoms with E-state index in [0.717, 1.165) is 16.4 Å². The summed E-state index contributed by atoms with van der Waals surface area (Å²) in [6.07, 6.45) is 5.53. The number of halogens is 1. The molecule has 0 fully saturated rings. The van der Waals surface area contributed by atoms with Gasteiger partial charge in [0.15, 0.2) is 10.3 Å². The van der Waals surface area contributed by atoms with Crippen LogP contribution in [0.25, 0.3) is 5.52 Å². The summed E-state index contributed by atoms with van der Waals surface area (Å²) in [4.78, 5) is 8.38. The summed E-state index contributed by atoms with van der Waals surface area (Å²) in [5, 5.41) is 1.45. The van der Waals surface area contributed by atoms with Gasteiger partial charge in [0.05, 0.1) is 5.69 Å². The maximum Gasteiger partial charge on any atom is 0.172 e. The highest BCUT2D eigenvalue weighted by atomic mass is 35.5. The molecule has 13 heavy (non-hydrogen) atoms. The molecule has 0 atom stereocenters. The predicted molar refractivity (Wildman–Crippen MR) is 54.5 cm³/mol. The summed E-state index contributed by atoms with van der Waals surface area (Å²) in [6.45, 7) is 1.93. The van der Waals surface area contributed by atoms with Crippen LogP contribution in [0.1, 0.15) is 5.69 Å². The Labute approximate surface area is 85.1 Å². The number of nitrogens with zero attached hydrogens (tertiary/aromatic N) is 3. The number of thioether (sulfide) groups is 1. The van der Waals surface area contributed by atoms with Crippen LogP contribution in [-0.4, -0.2) is 20.6 Å². The van der Waals surface area contributed by atoms with E-state index in [1.165, 1.54) is 0 Å². The number of aromatic nitrogens is 3. The van der Waals surface area contributed by atoms with E-state index in [-0.39, 0.29) is 0 Å². The lowest BCUT2D eigenvalue weighted by Gasteiger charge is -1.97. The molecule has 0 saturated heterocycles. The monoisotopic (exact) mass is 213 g/mol. The smallest absolute Gasteiger partial charge is 0.172 e. The van der Waals surface area contributed by atoms with Crippen LogP contribution in [0, 0.1) is 6.92 Å². The van der Waals surface area contributed by atoms with Crippen LogP contribution >= 0.6 is 23.4 Å². The molecule has 0 spiro atoms. The minimum Gasteiger partial charge on any atom is -0.290 e. The van der Waals surface area contributed by atoms with Gasteiger partial charge in [0, 0.05) is 12.4 Å². The quantitative estimate of drug-likeness (QED) is 0.682. The highest BCUT2D eigenvalue weighted by Gasteiger charge is 2.09. The van der Waals surface area contributed by atoms with E-state index in [1.54, 1.807) is 18.0 Å². The van der Waals surface area contributed by atoms with Gasteiger partial charge >= 0.3 is 0 Å². The van der Waals surface area contributed by atoms with Gasteiger partial charge in [0.2, 0.25) is 0 Å². The topological polar surface area (TPSA) is 30.2 Å². The first-order valence-electron chi connectivity index (χ1n) is 3.77. The van der Waals surface area contributed by atoms with Gasteiger partial charge in [-0.05, 0) is 13.2 Å². The molecule has 0 aliphatic carbocycles. The van der Waals surface area contributed by atoms with Crippen LogP contribution in [0.2, 0.25) is 5.15 Å². The number of rotatable bonds is 1. The standard InChI is InChI=1S/C8H8ClN3S/c1-5-6-7(9)10-3-4-12(6)8(11-5)13-2/h3-4H,1-2H3. The molecule has 0 aliphatic heterocycles. The first-order valence-corrected chi connectivity index (χ1v) is 5.37. The van der Waals surface area contributed by atoms with Gasteiger partial charge in [-0.2, -0.15) is 0 Å². The van der Waals surface area contributed by atoms with E-state index in [1.807, 2.05) is 23.8 Å². The molecule has 0 aliphatic rings. The zero-order valence-electron chi connectivity index (χ0n) is 7.28. The van der Waals surface area contributed by atoms with Crippen LogP contribution < -0.4 is 0 Å². The molecule has 2 rings (SSSR count). The lowest BCUT2D eigenvalue weighted by Crippen LogP contribution is -1.88. The van der Waals surface area contributed by atoms with Crippen LogP contribution in [0.3, 0.4) is 0 Å². The number of aryl methyl sites for hydroxylation is 1. The second-order valence-corrected chi connectivity index (χ2v) is 3.75. The SMILES string of the molecule is CSc1nc(C)c2c(Cl)nccn12. The third-order valence-corrected chi connectivity index (χ3v) is 2.76. The van der Waals surface area contributed by atoms with Gasteiger partial charge in [-0.25, -0.2) is 9.97 Å². The number of imidazole rings is 1. The number of hydrogen-bond acceptors (Lipinski definition) is 3. The lowest BCUT2D eigenvalue weighted by molar-refractivity contribution is 0.945. The van der Waals surface area contributed by atoms with E-state index in [9.17, 15) is 0 Å². The van der Waals surface area contributed by atoms with E-state index < -0.39 is 0 Å². The van der Waals surface area contributed by atoms with Gasteiger partial charge in [-0.3, -0.25) is 4.40 Å². The number of fused-ring (bicyclic) bond motifs is 1. The maximum absolute atomic E-state index is 5.95. The van der Waals surface area contributed by atoms with Gasteiger partial charge < -0.3 is 0 Å². The maximum atomic E-state index is 5.95. The summed E-state index contributed by atoms with van der Waals surface area (Å²) < 4.78 is 1.95. The minimum absolute atomic E-state index is 0.507. The van der Waals surface area contributed by atoms with E-state index in [4.69, 9.17) is 11.6 Å². The highest BCUT2D eigenvalue weighted by molar-refractivity contribution is 7.98. The highest BCUT2D eigenvalue weighted by Crippen LogP contribution is 2.23. The second-order valence-electron chi connectivity index (χ2n) is 2.62. The Bertz CT molecular complexity index is 452. The molecule has 0 amide bonds. The fourth-order valence-corrected chi connectivity index (χ4v) is 2.14. The van der Waals surface area contributed by atoms with Crippen molar-refractivity contribution < 1.29 is 0 Å².